The fourth-order valence-electron chi connectivity index (χ4n) is 4.07. The van der Waals surface area contributed by atoms with Crippen LogP contribution in [0.2, 0.25) is 0 Å². The Balaban J connectivity index is 1.42. The SMILES string of the molecule is C=CC(=O)N1CCC(Oc2cnc3[nH]cc(C(=O)NC4CC[C@@H](F)C4)c3c2)CC1. The molecule has 4 rings (SSSR count). The summed E-state index contributed by atoms with van der Waals surface area (Å²) in [5, 5.41) is 3.59. The van der Waals surface area contributed by atoms with Crippen molar-refractivity contribution < 1.29 is 18.7 Å². The van der Waals surface area contributed by atoms with Gasteiger partial charge in [0.05, 0.1) is 11.8 Å². The number of carbonyl (C=O) groups is 2. The van der Waals surface area contributed by atoms with Crippen molar-refractivity contribution >= 4 is 22.8 Å². The second-order valence-corrected chi connectivity index (χ2v) is 7.70. The number of ether oxygens (including phenoxy) is 1. The molecule has 0 bridgehead atoms. The zero-order valence-corrected chi connectivity index (χ0v) is 16.2. The lowest BCUT2D eigenvalue weighted by Crippen LogP contribution is -2.41. The van der Waals surface area contributed by atoms with E-state index in [1.165, 1.54) is 6.08 Å². The van der Waals surface area contributed by atoms with Crippen molar-refractivity contribution in [3.05, 3.63) is 36.7 Å². The van der Waals surface area contributed by atoms with Gasteiger partial charge in [-0.2, -0.15) is 0 Å². The zero-order valence-electron chi connectivity index (χ0n) is 16.2. The van der Waals surface area contributed by atoms with E-state index in [4.69, 9.17) is 4.74 Å². The third-order valence-electron chi connectivity index (χ3n) is 5.69. The molecule has 2 aromatic rings. The Kier molecular flexibility index (Phi) is 5.51. The van der Waals surface area contributed by atoms with Crippen LogP contribution in [0, 0.1) is 0 Å². The molecule has 8 heteroatoms. The first kappa shape index (κ1) is 19.4. The number of amides is 2. The van der Waals surface area contributed by atoms with Crippen LogP contribution < -0.4 is 10.1 Å². The van der Waals surface area contributed by atoms with Gasteiger partial charge in [-0.1, -0.05) is 6.58 Å². The first-order chi connectivity index (χ1) is 14.0. The molecule has 1 saturated carbocycles. The minimum absolute atomic E-state index is 0.0145. The number of piperidine rings is 1. The van der Waals surface area contributed by atoms with Gasteiger partial charge in [-0.05, 0) is 31.4 Å². The second kappa shape index (κ2) is 8.23. The third-order valence-corrected chi connectivity index (χ3v) is 5.69. The first-order valence-corrected chi connectivity index (χ1v) is 10.0. The van der Waals surface area contributed by atoms with Crippen LogP contribution in [0.4, 0.5) is 4.39 Å². The standard InChI is InChI=1S/C21H25FN4O3/c1-2-19(27)26-7-5-15(6-8-26)29-16-10-17-18(12-24-20(17)23-11-16)21(28)25-14-4-3-13(22)9-14/h2,10-15H,1,3-9H2,(H,23,24)(H,25,28)/t13-,14?/m1/s1. The molecule has 7 nitrogen and oxygen atoms in total. The van der Waals surface area contributed by atoms with Gasteiger partial charge >= 0.3 is 0 Å². The average molecular weight is 400 g/mol. The molecule has 0 aromatic carbocycles. The van der Waals surface area contributed by atoms with E-state index in [0.29, 0.717) is 54.7 Å². The van der Waals surface area contributed by atoms with Crippen molar-refractivity contribution in [1.82, 2.24) is 20.2 Å². The molecule has 1 aliphatic heterocycles. The number of hydrogen-bond acceptors (Lipinski definition) is 4. The van der Waals surface area contributed by atoms with Crippen LogP contribution in [0.5, 0.6) is 5.75 Å². The van der Waals surface area contributed by atoms with Gasteiger partial charge in [0, 0.05) is 43.6 Å². The summed E-state index contributed by atoms with van der Waals surface area (Å²) in [5.74, 6) is 0.297. The number of likely N-dealkylation sites (tertiary alicyclic amines) is 1. The van der Waals surface area contributed by atoms with Crippen LogP contribution in [-0.4, -0.2) is 58.1 Å². The summed E-state index contributed by atoms with van der Waals surface area (Å²) in [7, 11) is 0. The molecule has 0 radical (unpaired) electrons. The van der Waals surface area contributed by atoms with Crippen LogP contribution in [0.25, 0.3) is 11.0 Å². The number of halogens is 1. The van der Waals surface area contributed by atoms with Gasteiger partial charge in [0.25, 0.3) is 5.91 Å². The summed E-state index contributed by atoms with van der Waals surface area (Å²) in [6.45, 7) is 4.77. The van der Waals surface area contributed by atoms with E-state index < -0.39 is 6.17 Å². The molecule has 2 amide bonds. The molecule has 2 atom stereocenters. The van der Waals surface area contributed by atoms with Crippen LogP contribution in [-0.2, 0) is 4.79 Å². The molecular formula is C21H25FN4O3. The average Bonchev–Trinajstić information content (AvgIpc) is 3.33. The lowest BCUT2D eigenvalue weighted by atomic mass is 10.1. The maximum atomic E-state index is 13.4. The minimum Gasteiger partial charge on any atom is -0.489 e. The number of nitrogens with zero attached hydrogens (tertiary/aromatic N) is 2. The van der Waals surface area contributed by atoms with Crippen LogP contribution in [0.3, 0.4) is 0 Å². The number of hydrogen-bond donors (Lipinski definition) is 2. The fourth-order valence-corrected chi connectivity index (χ4v) is 4.07. The number of H-pyrrole nitrogens is 1. The monoisotopic (exact) mass is 400 g/mol. The molecule has 1 unspecified atom stereocenters. The number of rotatable bonds is 5. The van der Waals surface area contributed by atoms with Gasteiger partial charge in [-0.25, -0.2) is 9.37 Å². The Morgan fingerprint density at radius 3 is 2.79 bits per heavy atom. The summed E-state index contributed by atoms with van der Waals surface area (Å²) in [6.07, 6.45) is 6.71. The summed E-state index contributed by atoms with van der Waals surface area (Å²) in [4.78, 5) is 33.4. The molecular weight excluding hydrogens is 375 g/mol. The van der Waals surface area contributed by atoms with Gasteiger partial charge < -0.3 is 19.9 Å². The van der Waals surface area contributed by atoms with Crippen LogP contribution in [0.15, 0.2) is 31.1 Å². The number of carbonyl (C=O) groups excluding carboxylic acids is 2. The number of alkyl halides is 1. The van der Waals surface area contributed by atoms with Gasteiger partial charge in [0.2, 0.25) is 5.91 Å². The number of fused-ring (bicyclic) bond motifs is 1. The van der Waals surface area contributed by atoms with Crippen molar-refractivity contribution in [2.24, 2.45) is 0 Å². The van der Waals surface area contributed by atoms with Gasteiger partial charge in [-0.15, -0.1) is 0 Å². The molecule has 1 aliphatic carbocycles. The van der Waals surface area contributed by atoms with E-state index in [-0.39, 0.29) is 24.0 Å². The molecule has 2 aliphatic rings. The van der Waals surface area contributed by atoms with E-state index in [1.807, 2.05) is 6.07 Å². The third kappa shape index (κ3) is 4.26. The molecule has 29 heavy (non-hydrogen) atoms. The predicted octanol–water partition coefficient (Wildman–Crippen LogP) is 2.74. The molecule has 2 fully saturated rings. The lowest BCUT2D eigenvalue weighted by molar-refractivity contribution is -0.127. The quantitative estimate of drug-likeness (QED) is 0.756. The highest BCUT2D eigenvalue weighted by Gasteiger charge is 2.27. The minimum atomic E-state index is -0.835. The summed E-state index contributed by atoms with van der Waals surface area (Å²) in [6, 6.07) is 1.68. The van der Waals surface area contributed by atoms with E-state index in [0.717, 1.165) is 12.8 Å². The van der Waals surface area contributed by atoms with Crippen molar-refractivity contribution in [2.45, 2.75) is 50.4 Å². The van der Waals surface area contributed by atoms with Crippen LogP contribution >= 0.6 is 0 Å². The van der Waals surface area contributed by atoms with E-state index in [2.05, 4.69) is 21.9 Å². The fraction of sp³-hybridized carbons (Fsp3) is 0.476. The van der Waals surface area contributed by atoms with Gasteiger partial charge in [0.15, 0.2) is 0 Å². The first-order valence-electron chi connectivity index (χ1n) is 10.0. The van der Waals surface area contributed by atoms with Gasteiger partial charge in [-0.3, -0.25) is 9.59 Å². The zero-order chi connectivity index (χ0) is 20.4. The Bertz CT molecular complexity index is 920. The van der Waals surface area contributed by atoms with E-state index in [1.54, 1.807) is 17.3 Å². The maximum Gasteiger partial charge on any atom is 0.253 e. The largest absolute Gasteiger partial charge is 0.489 e. The summed E-state index contributed by atoms with van der Waals surface area (Å²) in [5.41, 5.74) is 1.08. The van der Waals surface area contributed by atoms with E-state index >= 15 is 0 Å². The summed E-state index contributed by atoms with van der Waals surface area (Å²) >= 11 is 0. The number of aromatic nitrogens is 2. The van der Waals surface area contributed by atoms with Crippen molar-refractivity contribution in [3.63, 3.8) is 0 Å². The normalized spacial score (nSPS) is 22.6. The van der Waals surface area contributed by atoms with E-state index in [9.17, 15) is 14.0 Å². The maximum absolute atomic E-state index is 13.4. The highest BCUT2D eigenvalue weighted by atomic mass is 19.1. The van der Waals surface area contributed by atoms with Gasteiger partial charge in [0.1, 0.15) is 23.7 Å². The Labute approximate surface area is 168 Å². The topological polar surface area (TPSA) is 87.3 Å². The molecule has 0 spiro atoms. The molecule has 154 valence electrons. The highest BCUT2D eigenvalue weighted by molar-refractivity contribution is 6.06. The number of nitrogens with one attached hydrogen (secondary N) is 2. The molecule has 2 aromatic heterocycles. The van der Waals surface area contributed by atoms with Crippen LogP contribution in [0.1, 0.15) is 42.5 Å². The Morgan fingerprint density at radius 2 is 2.10 bits per heavy atom. The predicted molar refractivity (Wildman–Crippen MR) is 107 cm³/mol. The Morgan fingerprint density at radius 1 is 1.31 bits per heavy atom. The molecule has 3 heterocycles. The van der Waals surface area contributed by atoms with Crippen molar-refractivity contribution in [2.75, 3.05) is 13.1 Å². The Hall–Kier alpha value is -2.90. The van der Waals surface area contributed by atoms with Crippen molar-refractivity contribution in [1.29, 1.82) is 0 Å². The summed E-state index contributed by atoms with van der Waals surface area (Å²) < 4.78 is 19.4. The lowest BCUT2D eigenvalue weighted by Gasteiger charge is -2.31. The molecule has 1 saturated heterocycles. The number of aromatic amines is 1. The van der Waals surface area contributed by atoms with Crippen molar-refractivity contribution in [3.8, 4) is 5.75 Å². The second-order valence-electron chi connectivity index (χ2n) is 7.70. The number of pyridine rings is 1. The smallest absolute Gasteiger partial charge is 0.253 e. The highest BCUT2D eigenvalue weighted by Crippen LogP contribution is 2.26. The molecule has 2 N–H and O–H groups in total.